The van der Waals surface area contributed by atoms with Gasteiger partial charge in [-0.05, 0) is 23.4 Å². The molecule has 0 bridgehead atoms. The van der Waals surface area contributed by atoms with Crippen LogP contribution in [0.5, 0.6) is 0 Å². The Kier molecular flexibility index (Phi) is 4.32. The number of rotatable bonds is 5. The van der Waals surface area contributed by atoms with Gasteiger partial charge < -0.3 is 0 Å². The number of sulfonamides is 1. The van der Waals surface area contributed by atoms with Crippen LogP contribution in [0.2, 0.25) is 0 Å². The van der Waals surface area contributed by atoms with Gasteiger partial charge in [0.15, 0.2) is 5.82 Å². The first-order valence-electron chi connectivity index (χ1n) is 8.00. The minimum atomic E-state index is -3.56. The van der Waals surface area contributed by atoms with Crippen LogP contribution >= 0.6 is 11.3 Å². The number of anilines is 1. The van der Waals surface area contributed by atoms with Crippen LogP contribution in [0.15, 0.2) is 52.1 Å². The maximum absolute atomic E-state index is 12.4. The van der Waals surface area contributed by atoms with Crippen LogP contribution in [-0.4, -0.2) is 30.1 Å². The highest BCUT2D eigenvalue weighted by Gasteiger charge is 2.25. The molecular formula is C17H18N4O2S2. The molecule has 0 aliphatic carbocycles. The number of benzene rings is 1. The molecular weight excluding hydrogens is 356 g/mol. The molecule has 2 N–H and O–H groups in total. The Labute approximate surface area is 150 Å². The van der Waals surface area contributed by atoms with E-state index in [0.29, 0.717) is 10.0 Å². The van der Waals surface area contributed by atoms with E-state index in [1.165, 1.54) is 16.9 Å². The first-order valence-corrected chi connectivity index (χ1v) is 10.4. The fourth-order valence-corrected chi connectivity index (χ4v) is 5.06. The summed E-state index contributed by atoms with van der Waals surface area (Å²) in [6.07, 6.45) is 0.765. The summed E-state index contributed by atoms with van der Waals surface area (Å²) in [5.74, 6) is 0.419. The molecule has 1 aliphatic heterocycles. The lowest BCUT2D eigenvalue weighted by atomic mass is 10.1. The van der Waals surface area contributed by atoms with E-state index in [0.717, 1.165) is 37.3 Å². The molecule has 4 rings (SSSR count). The highest BCUT2D eigenvalue weighted by Crippen LogP contribution is 2.27. The Morgan fingerprint density at radius 1 is 1.20 bits per heavy atom. The second kappa shape index (κ2) is 6.62. The molecule has 6 nitrogen and oxygen atoms in total. The summed E-state index contributed by atoms with van der Waals surface area (Å²) in [6.45, 7) is 2.47. The smallest absolute Gasteiger partial charge is 0.272 e. The molecule has 8 heteroatoms. The molecule has 3 heterocycles. The van der Waals surface area contributed by atoms with Gasteiger partial charge in [-0.2, -0.15) is 5.10 Å². The molecule has 3 aromatic rings. The van der Waals surface area contributed by atoms with Gasteiger partial charge in [-0.1, -0.05) is 36.4 Å². The maximum atomic E-state index is 12.4. The van der Waals surface area contributed by atoms with Gasteiger partial charge in [0.25, 0.3) is 10.0 Å². The van der Waals surface area contributed by atoms with Gasteiger partial charge >= 0.3 is 0 Å². The first-order chi connectivity index (χ1) is 12.1. The summed E-state index contributed by atoms with van der Waals surface area (Å²) < 4.78 is 27.7. The number of thiophene rings is 1. The van der Waals surface area contributed by atoms with Crippen molar-refractivity contribution in [1.82, 2.24) is 15.1 Å². The Morgan fingerprint density at radius 2 is 2.04 bits per heavy atom. The number of nitrogens with zero attached hydrogens (tertiary/aromatic N) is 2. The average Bonchev–Trinajstić information content (AvgIpc) is 3.26. The first kappa shape index (κ1) is 16.3. The summed E-state index contributed by atoms with van der Waals surface area (Å²) >= 11 is 1.19. The lowest BCUT2D eigenvalue weighted by Crippen LogP contribution is -2.30. The molecule has 0 saturated carbocycles. The van der Waals surface area contributed by atoms with Crippen LogP contribution in [-0.2, 0) is 29.5 Å². The summed E-state index contributed by atoms with van der Waals surface area (Å²) in [6, 6.07) is 13.6. The standard InChI is InChI=1S/C17H18N4O2S2/c22-25(23,16-7-4-10-24-16)20-17-14-8-9-21(12-15(14)18-19-17)11-13-5-2-1-3-6-13/h1-7,10H,8-9,11-12H2,(H2,18,19,20). The molecule has 0 fully saturated rings. The van der Waals surface area contributed by atoms with Crippen molar-refractivity contribution in [1.29, 1.82) is 0 Å². The van der Waals surface area contributed by atoms with E-state index in [2.05, 4.69) is 32.0 Å². The van der Waals surface area contributed by atoms with Gasteiger partial charge in [0.05, 0.1) is 5.69 Å². The number of H-pyrrole nitrogens is 1. The van der Waals surface area contributed by atoms with E-state index >= 15 is 0 Å². The second-order valence-electron chi connectivity index (χ2n) is 6.01. The maximum Gasteiger partial charge on any atom is 0.272 e. The fraction of sp³-hybridized carbons (Fsp3) is 0.235. The van der Waals surface area contributed by atoms with Crippen molar-refractivity contribution in [2.24, 2.45) is 0 Å². The molecule has 2 aromatic heterocycles. The zero-order chi connectivity index (χ0) is 17.3. The van der Waals surface area contributed by atoms with E-state index in [9.17, 15) is 8.42 Å². The predicted octanol–water partition coefficient (Wildman–Crippen LogP) is 2.83. The Balaban J connectivity index is 1.49. The lowest BCUT2D eigenvalue weighted by molar-refractivity contribution is 0.242. The van der Waals surface area contributed by atoms with Gasteiger partial charge in [-0.15, -0.1) is 11.3 Å². The highest BCUT2D eigenvalue weighted by molar-refractivity contribution is 7.94. The highest BCUT2D eigenvalue weighted by atomic mass is 32.2. The zero-order valence-corrected chi connectivity index (χ0v) is 15.1. The van der Waals surface area contributed by atoms with Crippen LogP contribution < -0.4 is 4.72 Å². The zero-order valence-electron chi connectivity index (χ0n) is 13.5. The van der Waals surface area contributed by atoms with Gasteiger partial charge in [0, 0.05) is 25.2 Å². The van der Waals surface area contributed by atoms with Crippen molar-refractivity contribution in [3.05, 3.63) is 64.7 Å². The number of hydrogen-bond donors (Lipinski definition) is 2. The van der Waals surface area contributed by atoms with Gasteiger partial charge in [0.1, 0.15) is 4.21 Å². The van der Waals surface area contributed by atoms with Crippen LogP contribution in [0.4, 0.5) is 5.82 Å². The third-order valence-electron chi connectivity index (χ3n) is 4.25. The normalized spacial score (nSPS) is 15.0. The van der Waals surface area contributed by atoms with E-state index in [1.54, 1.807) is 17.5 Å². The van der Waals surface area contributed by atoms with Crippen LogP contribution in [0, 0.1) is 0 Å². The molecule has 0 radical (unpaired) electrons. The van der Waals surface area contributed by atoms with Crippen molar-refractivity contribution >= 4 is 27.2 Å². The molecule has 0 amide bonds. The number of fused-ring (bicyclic) bond motifs is 1. The van der Waals surface area contributed by atoms with Crippen molar-refractivity contribution in [3.8, 4) is 0 Å². The summed E-state index contributed by atoms with van der Waals surface area (Å²) in [7, 11) is -3.56. The minimum Gasteiger partial charge on any atom is -0.293 e. The summed E-state index contributed by atoms with van der Waals surface area (Å²) in [5, 5.41) is 8.94. The minimum absolute atomic E-state index is 0.297. The molecule has 1 aliphatic rings. The number of nitrogens with one attached hydrogen (secondary N) is 2. The second-order valence-corrected chi connectivity index (χ2v) is 8.87. The molecule has 1 aromatic carbocycles. The molecule has 0 spiro atoms. The Morgan fingerprint density at radius 3 is 2.80 bits per heavy atom. The Bertz CT molecular complexity index is 950. The quantitative estimate of drug-likeness (QED) is 0.720. The molecule has 25 heavy (non-hydrogen) atoms. The molecule has 0 atom stereocenters. The van der Waals surface area contributed by atoms with Crippen LogP contribution in [0.1, 0.15) is 16.8 Å². The molecule has 0 saturated heterocycles. The monoisotopic (exact) mass is 374 g/mol. The predicted molar refractivity (Wildman–Crippen MR) is 98.0 cm³/mol. The average molecular weight is 374 g/mol. The van der Waals surface area contributed by atoms with Gasteiger partial charge in [-0.3, -0.25) is 14.7 Å². The lowest BCUT2D eigenvalue weighted by Gasteiger charge is -2.26. The topological polar surface area (TPSA) is 78.1 Å². The SMILES string of the molecule is O=S(=O)(Nc1n[nH]c2c1CCN(Cc1ccccc1)C2)c1cccs1. The van der Waals surface area contributed by atoms with Crippen molar-refractivity contribution in [3.63, 3.8) is 0 Å². The van der Waals surface area contributed by atoms with E-state index in [4.69, 9.17) is 0 Å². The van der Waals surface area contributed by atoms with Crippen molar-refractivity contribution < 1.29 is 8.42 Å². The van der Waals surface area contributed by atoms with Crippen LogP contribution in [0.25, 0.3) is 0 Å². The fourth-order valence-electron chi connectivity index (χ4n) is 3.03. The van der Waals surface area contributed by atoms with E-state index < -0.39 is 10.0 Å². The number of aromatic nitrogens is 2. The van der Waals surface area contributed by atoms with Crippen LogP contribution in [0.3, 0.4) is 0 Å². The van der Waals surface area contributed by atoms with Gasteiger partial charge in [-0.25, -0.2) is 8.42 Å². The molecule has 130 valence electrons. The largest absolute Gasteiger partial charge is 0.293 e. The van der Waals surface area contributed by atoms with Gasteiger partial charge in [0.2, 0.25) is 0 Å². The summed E-state index contributed by atoms with van der Waals surface area (Å²) in [4.78, 5) is 2.33. The third-order valence-corrected chi connectivity index (χ3v) is 6.99. The number of hydrogen-bond acceptors (Lipinski definition) is 5. The van der Waals surface area contributed by atoms with Crippen molar-refractivity contribution in [2.75, 3.05) is 11.3 Å². The Hall–Kier alpha value is -2.16. The molecule has 0 unspecified atom stereocenters. The third kappa shape index (κ3) is 3.46. The van der Waals surface area contributed by atoms with E-state index in [-0.39, 0.29) is 0 Å². The van der Waals surface area contributed by atoms with Crippen molar-refractivity contribution in [2.45, 2.75) is 23.7 Å². The summed E-state index contributed by atoms with van der Waals surface area (Å²) in [5.41, 5.74) is 3.21. The van der Waals surface area contributed by atoms with E-state index in [1.807, 2.05) is 18.2 Å². The number of aromatic amines is 1.